The summed E-state index contributed by atoms with van der Waals surface area (Å²) in [6.07, 6.45) is 1.30. The lowest BCUT2D eigenvalue weighted by molar-refractivity contribution is -0.107. The summed E-state index contributed by atoms with van der Waals surface area (Å²) >= 11 is 0. The van der Waals surface area contributed by atoms with Crippen LogP contribution < -0.4 is 0 Å². The maximum absolute atomic E-state index is 10.3. The van der Waals surface area contributed by atoms with Gasteiger partial charge in [0.2, 0.25) is 0 Å². The number of aldehydes is 1. The number of phenols is 1. The molecule has 0 unspecified atom stereocenters. The molecule has 0 atom stereocenters. The smallest absolute Gasteiger partial charge is 0.124 e. The van der Waals surface area contributed by atoms with Crippen LogP contribution >= 0.6 is 0 Å². The summed E-state index contributed by atoms with van der Waals surface area (Å²) in [7, 11) is 0. The molecule has 0 saturated carbocycles. The fourth-order valence-electron chi connectivity index (χ4n) is 1.17. The zero-order chi connectivity index (χ0) is 9.14. The van der Waals surface area contributed by atoms with Gasteiger partial charge in [0.15, 0.2) is 0 Å². The highest BCUT2D eigenvalue weighted by Gasteiger charge is 2.03. The maximum atomic E-state index is 10.3. The SMILES string of the molecule is Cc1c(O)ccc(CC=O)c1C. The van der Waals surface area contributed by atoms with Gasteiger partial charge >= 0.3 is 0 Å². The molecule has 0 aliphatic heterocycles. The molecule has 0 aliphatic rings. The highest BCUT2D eigenvalue weighted by atomic mass is 16.3. The van der Waals surface area contributed by atoms with Gasteiger partial charge in [0.05, 0.1) is 0 Å². The molecular weight excluding hydrogens is 152 g/mol. The van der Waals surface area contributed by atoms with Crippen LogP contribution in [0.4, 0.5) is 0 Å². The molecule has 64 valence electrons. The molecule has 2 nitrogen and oxygen atoms in total. The Kier molecular flexibility index (Phi) is 2.48. The predicted molar refractivity (Wildman–Crippen MR) is 47.3 cm³/mol. The monoisotopic (exact) mass is 164 g/mol. The van der Waals surface area contributed by atoms with Crippen molar-refractivity contribution in [2.75, 3.05) is 0 Å². The molecular formula is C10H12O2. The van der Waals surface area contributed by atoms with Crippen LogP contribution in [0.2, 0.25) is 0 Å². The van der Waals surface area contributed by atoms with Crippen LogP contribution in [0.1, 0.15) is 16.7 Å². The third kappa shape index (κ3) is 1.47. The van der Waals surface area contributed by atoms with Gasteiger partial charge in [0.25, 0.3) is 0 Å². The molecule has 1 rings (SSSR count). The molecule has 0 saturated heterocycles. The van der Waals surface area contributed by atoms with Crippen LogP contribution in [0, 0.1) is 13.8 Å². The second-order valence-corrected chi connectivity index (χ2v) is 2.86. The molecule has 0 bridgehead atoms. The van der Waals surface area contributed by atoms with Crippen molar-refractivity contribution >= 4 is 6.29 Å². The van der Waals surface area contributed by atoms with Crippen LogP contribution in [0.15, 0.2) is 12.1 Å². The summed E-state index contributed by atoms with van der Waals surface area (Å²) in [6.45, 7) is 3.76. The van der Waals surface area contributed by atoms with E-state index in [2.05, 4.69) is 0 Å². The third-order valence-electron chi connectivity index (χ3n) is 2.17. The van der Waals surface area contributed by atoms with E-state index in [1.54, 1.807) is 12.1 Å². The summed E-state index contributed by atoms with van der Waals surface area (Å²) in [5, 5.41) is 9.30. The Morgan fingerprint density at radius 2 is 2.00 bits per heavy atom. The van der Waals surface area contributed by atoms with Crippen LogP contribution in [0.5, 0.6) is 5.75 Å². The van der Waals surface area contributed by atoms with E-state index in [0.717, 1.165) is 23.0 Å². The topological polar surface area (TPSA) is 37.3 Å². The highest BCUT2D eigenvalue weighted by molar-refractivity contribution is 5.57. The van der Waals surface area contributed by atoms with Crippen molar-refractivity contribution in [3.8, 4) is 5.75 Å². The molecule has 0 aromatic heterocycles. The minimum atomic E-state index is 0.294. The van der Waals surface area contributed by atoms with Gasteiger partial charge in [-0.25, -0.2) is 0 Å². The number of benzene rings is 1. The first-order valence-corrected chi connectivity index (χ1v) is 3.88. The van der Waals surface area contributed by atoms with E-state index in [-0.39, 0.29) is 0 Å². The third-order valence-corrected chi connectivity index (χ3v) is 2.17. The second-order valence-electron chi connectivity index (χ2n) is 2.86. The fraction of sp³-hybridized carbons (Fsp3) is 0.300. The molecule has 2 heteroatoms. The van der Waals surface area contributed by atoms with Crippen LogP contribution in [0.3, 0.4) is 0 Å². The molecule has 0 fully saturated rings. The minimum Gasteiger partial charge on any atom is -0.508 e. The van der Waals surface area contributed by atoms with E-state index in [4.69, 9.17) is 0 Å². The first-order chi connectivity index (χ1) is 5.66. The van der Waals surface area contributed by atoms with E-state index in [1.807, 2.05) is 13.8 Å². The molecule has 0 aliphatic carbocycles. The summed E-state index contributed by atoms with van der Waals surface area (Å²) < 4.78 is 0. The lowest BCUT2D eigenvalue weighted by Crippen LogP contribution is -1.93. The molecule has 1 N–H and O–H groups in total. The van der Waals surface area contributed by atoms with E-state index in [9.17, 15) is 9.90 Å². The van der Waals surface area contributed by atoms with Gasteiger partial charge in [0, 0.05) is 6.42 Å². The molecule has 0 spiro atoms. The molecule has 0 amide bonds. The van der Waals surface area contributed by atoms with E-state index in [1.165, 1.54) is 0 Å². The predicted octanol–water partition coefficient (Wildman–Crippen LogP) is 1.75. The van der Waals surface area contributed by atoms with Crippen molar-refractivity contribution in [3.05, 3.63) is 28.8 Å². The standard InChI is InChI=1S/C10H12O2/c1-7-8(2)10(12)4-3-9(7)5-6-11/h3-4,6,12H,5H2,1-2H3. The van der Waals surface area contributed by atoms with Gasteiger partial charge < -0.3 is 9.90 Å². The zero-order valence-corrected chi connectivity index (χ0v) is 7.29. The summed E-state index contributed by atoms with van der Waals surface area (Å²) in [5.74, 6) is 0.294. The van der Waals surface area contributed by atoms with Gasteiger partial charge in [0.1, 0.15) is 12.0 Å². The lowest BCUT2D eigenvalue weighted by atomic mass is 10.0. The highest BCUT2D eigenvalue weighted by Crippen LogP contribution is 2.22. The number of carbonyl (C=O) groups is 1. The summed E-state index contributed by atoms with van der Waals surface area (Å²) in [4.78, 5) is 10.3. The van der Waals surface area contributed by atoms with Gasteiger partial charge in [-0.05, 0) is 36.6 Å². The van der Waals surface area contributed by atoms with Gasteiger partial charge in [-0.15, -0.1) is 0 Å². The first kappa shape index (κ1) is 8.78. The molecule has 12 heavy (non-hydrogen) atoms. The Bertz CT molecular complexity index is 303. The normalized spacial score (nSPS) is 9.83. The molecule has 1 aromatic carbocycles. The van der Waals surface area contributed by atoms with Crippen molar-refractivity contribution < 1.29 is 9.90 Å². The van der Waals surface area contributed by atoms with Gasteiger partial charge in [-0.1, -0.05) is 6.07 Å². The zero-order valence-electron chi connectivity index (χ0n) is 7.29. The van der Waals surface area contributed by atoms with E-state index < -0.39 is 0 Å². The second kappa shape index (κ2) is 3.39. The Hall–Kier alpha value is -1.31. The van der Waals surface area contributed by atoms with Crippen LogP contribution in [-0.2, 0) is 11.2 Å². The first-order valence-electron chi connectivity index (χ1n) is 3.88. The van der Waals surface area contributed by atoms with Crippen LogP contribution in [-0.4, -0.2) is 11.4 Å². The van der Waals surface area contributed by atoms with Crippen molar-refractivity contribution in [2.45, 2.75) is 20.3 Å². The number of phenolic OH excluding ortho intramolecular Hbond substituents is 1. The van der Waals surface area contributed by atoms with Gasteiger partial charge in [-0.3, -0.25) is 0 Å². The lowest BCUT2D eigenvalue weighted by Gasteiger charge is -2.06. The maximum Gasteiger partial charge on any atom is 0.124 e. The largest absolute Gasteiger partial charge is 0.508 e. The Morgan fingerprint density at radius 3 is 2.58 bits per heavy atom. The van der Waals surface area contributed by atoms with Crippen molar-refractivity contribution in [3.63, 3.8) is 0 Å². The van der Waals surface area contributed by atoms with E-state index in [0.29, 0.717) is 12.2 Å². The Morgan fingerprint density at radius 1 is 1.33 bits per heavy atom. The molecule has 1 aromatic rings. The Labute approximate surface area is 71.8 Å². The number of hydrogen-bond donors (Lipinski definition) is 1. The van der Waals surface area contributed by atoms with Crippen LogP contribution in [0.25, 0.3) is 0 Å². The molecule has 0 radical (unpaired) electrons. The number of aromatic hydroxyl groups is 1. The van der Waals surface area contributed by atoms with Gasteiger partial charge in [-0.2, -0.15) is 0 Å². The minimum absolute atomic E-state index is 0.294. The number of carbonyl (C=O) groups excluding carboxylic acids is 1. The average molecular weight is 164 g/mol. The Balaban J connectivity index is 3.16. The number of hydrogen-bond acceptors (Lipinski definition) is 2. The average Bonchev–Trinajstić information content (AvgIpc) is 2.07. The van der Waals surface area contributed by atoms with Crippen molar-refractivity contribution in [2.24, 2.45) is 0 Å². The number of rotatable bonds is 2. The summed E-state index contributed by atoms with van der Waals surface area (Å²) in [6, 6.07) is 3.41. The molecule has 0 heterocycles. The summed E-state index contributed by atoms with van der Waals surface area (Å²) in [5.41, 5.74) is 2.84. The van der Waals surface area contributed by atoms with Crippen molar-refractivity contribution in [1.29, 1.82) is 0 Å². The van der Waals surface area contributed by atoms with Crippen molar-refractivity contribution in [1.82, 2.24) is 0 Å². The van der Waals surface area contributed by atoms with E-state index >= 15 is 0 Å². The fourth-order valence-corrected chi connectivity index (χ4v) is 1.17. The quantitative estimate of drug-likeness (QED) is 0.676.